The minimum atomic E-state index is -1.68. The van der Waals surface area contributed by atoms with Gasteiger partial charge in [0.1, 0.15) is 11.6 Å². The maximum atomic E-state index is 12.2. The Morgan fingerprint density at radius 1 is 1.53 bits per heavy atom. The molecule has 0 aromatic heterocycles. The quantitative estimate of drug-likeness (QED) is 0.827. The number of carbonyl (C=O) groups is 1. The topological polar surface area (TPSA) is 63.3 Å². The van der Waals surface area contributed by atoms with Crippen LogP contribution in [0.1, 0.15) is 30.3 Å². The van der Waals surface area contributed by atoms with Gasteiger partial charge < -0.3 is 10.8 Å². The molecule has 94 valence electrons. The lowest BCUT2D eigenvalue weighted by atomic mass is 9.75. The van der Waals surface area contributed by atoms with Crippen LogP contribution in [0.3, 0.4) is 0 Å². The van der Waals surface area contributed by atoms with E-state index >= 15 is 0 Å². The number of hydrogen-bond donors (Lipinski definition) is 2. The summed E-state index contributed by atoms with van der Waals surface area (Å²) in [4.78, 5) is 12.2. The normalized spacial score (nSPS) is 31.9. The molecule has 17 heavy (non-hydrogen) atoms. The first-order valence-electron chi connectivity index (χ1n) is 6.99. The van der Waals surface area contributed by atoms with Gasteiger partial charge in [0.15, 0.2) is 5.78 Å². The molecule has 0 spiro atoms. The summed E-state index contributed by atoms with van der Waals surface area (Å²) in [5, 5.41) is 9.42. The van der Waals surface area contributed by atoms with E-state index in [1.165, 1.54) is 0 Å². The Morgan fingerprint density at radius 3 is 2.88 bits per heavy atom. The highest BCUT2D eigenvalue weighted by atomic mass is 35.5. The molecule has 1 saturated carbocycles. The molecular formula is C12H15Cl2NO2. The largest absolute Gasteiger partial charge is 0.385 e. The summed E-state index contributed by atoms with van der Waals surface area (Å²) in [6.45, 7) is 0. The van der Waals surface area contributed by atoms with Gasteiger partial charge in [-0.25, -0.2) is 0 Å². The van der Waals surface area contributed by atoms with Crippen molar-refractivity contribution in [2.24, 2.45) is 5.73 Å². The van der Waals surface area contributed by atoms with Crippen molar-refractivity contribution in [1.29, 1.82) is 0 Å². The monoisotopic (exact) mass is 279 g/mol. The van der Waals surface area contributed by atoms with Gasteiger partial charge in [-0.15, -0.1) is 12.4 Å². The molecule has 1 aromatic rings. The Morgan fingerprint density at radius 2 is 2.18 bits per heavy atom. The van der Waals surface area contributed by atoms with Crippen LogP contribution in [0.5, 0.6) is 0 Å². The summed E-state index contributed by atoms with van der Waals surface area (Å²) in [5.41, 5.74) is 4.26. The fourth-order valence-electron chi connectivity index (χ4n) is 1.98. The van der Waals surface area contributed by atoms with Gasteiger partial charge in [0.25, 0.3) is 0 Å². The first kappa shape index (κ1) is 9.34. The van der Waals surface area contributed by atoms with Gasteiger partial charge in [0.2, 0.25) is 0 Å². The molecule has 2 rings (SSSR count). The summed E-state index contributed by atoms with van der Waals surface area (Å²) in [7, 11) is 0. The van der Waals surface area contributed by atoms with Crippen molar-refractivity contribution < 1.29 is 15.4 Å². The molecule has 1 aliphatic carbocycles. The number of carbonyl (C=O) groups excluding carboxylic acids is 1. The van der Waals surface area contributed by atoms with E-state index in [0.717, 1.165) is 0 Å². The van der Waals surface area contributed by atoms with Crippen molar-refractivity contribution in [2.75, 3.05) is 0 Å². The summed E-state index contributed by atoms with van der Waals surface area (Å²) < 4.78 is 30.8. The number of hydrogen-bond acceptors (Lipinski definition) is 3. The molecule has 1 fully saturated rings. The molecule has 0 heterocycles. The standard InChI is InChI=1S/C12H14ClNO2.ClH/c13-9-5-2-1-4-8(9)12(14)7-3-6-10(15)11(12)16;/h1-2,4-5,10,15H,3,6-7,14H2;1H/i1D,2D,4D,5D;. The average Bonchev–Trinajstić information content (AvgIpc) is 2.40. The highest BCUT2D eigenvalue weighted by Crippen LogP contribution is 2.35. The third-order valence-electron chi connectivity index (χ3n) is 2.88. The maximum Gasteiger partial charge on any atom is 0.185 e. The lowest BCUT2D eigenvalue weighted by Crippen LogP contribution is -2.52. The zero-order valence-electron chi connectivity index (χ0n) is 12.9. The van der Waals surface area contributed by atoms with Crippen molar-refractivity contribution in [3.8, 4) is 0 Å². The predicted octanol–water partition coefficient (Wildman–Crippen LogP) is 2.03. The number of aliphatic hydroxyl groups excluding tert-OH is 1. The minimum absolute atomic E-state index is 0. The Bertz CT molecular complexity index is 570. The molecule has 0 aliphatic heterocycles. The number of ketones is 1. The number of nitrogens with two attached hydrogens (primary N) is 1. The average molecular weight is 280 g/mol. The molecule has 0 radical (unpaired) electrons. The van der Waals surface area contributed by atoms with Gasteiger partial charge in [-0.05, 0) is 30.9 Å². The smallest absolute Gasteiger partial charge is 0.185 e. The fourth-order valence-corrected chi connectivity index (χ4v) is 2.24. The lowest BCUT2D eigenvalue weighted by molar-refractivity contribution is -0.136. The second-order valence-electron chi connectivity index (χ2n) is 3.93. The lowest BCUT2D eigenvalue weighted by Gasteiger charge is -2.35. The first-order chi connectivity index (χ1) is 9.21. The minimum Gasteiger partial charge on any atom is -0.385 e. The van der Waals surface area contributed by atoms with Crippen LogP contribution in [-0.2, 0) is 10.3 Å². The van der Waals surface area contributed by atoms with Crippen LogP contribution >= 0.6 is 24.0 Å². The van der Waals surface area contributed by atoms with Gasteiger partial charge in [-0.3, -0.25) is 4.79 Å². The van der Waals surface area contributed by atoms with E-state index in [2.05, 4.69) is 0 Å². The van der Waals surface area contributed by atoms with Crippen molar-refractivity contribution in [3.05, 3.63) is 34.8 Å². The van der Waals surface area contributed by atoms with Crippen LogP contribution in [0.4, 0.5) is 0 Å². The molecule has 1 aromatic carbocycles. The van der Waals surface area contributed by atoms with Crippen LogP contribution in [0, 0.1) is 0 Å². The zero-order chi connectivity index (χ0) is 15.2. The van der Waals surface area contributed by atoms with E-state index < -0.39 is 41.6 Å². The van der Waals surface area contributed by atoms with Crippen molar-refractivity contribution in [2.45, 2.75) is 30.9 Å². The fraction of sp³-hybridized carbons (Fsp3) is 0.417. The van der Waals surface area contributed by atoms with Gasteiger partial charge in [0, 0.05) is 5.02 Å². The van der Waals surface area contributed by atoms with E-state index in [9.17, 15) is 9.90 Å². The highest BCUT2D eigenvalue weighted by molar-refractivity contribution is 6.31. The molecule has 0 bridgehead atoms. The van der Waals surface area contributed by atoms with Crippen LogP contribution < -0.4 is 5.73 Å². The van der Waals surface area contributed by atoms with Crippen molar-refractivity contribution >= 4 is 29.8 Å². The second kappa shape index (κ2) is 5.36. The van der Waals surface area contributed by atoms with E-state index in [4.69, 9.17) is 22.8 Å². The number of halogens is 2. The third-order valence-corrected chi connectivity index (χ3v) is 3.16. The van der Waals surface area contributed by atoms with Gasteiger partial charge in [-0.2, -0.15) is 0 Å². The number of rotatable bonds is 1. The Balaban J connectivity index is 0.00000220. The molecule has 3 N–H and O–H groups in total. The van der Waals surface area contributed by atoms with E-state index in [-0.39, 0.29) is 29.4 Å². The van der Waals surface area contributed by atoms with Crippen LogP contribution in [-0.4, -0.2) is 17.0 Å². The summed E-state index contributed by atoms with van der Waals surface area (Å²) in [6, 6.07) is -1.83. The Labute approximate surface area is 117 Å². The van der Waals surface area contributed by atoms with Gasteiger partial charge >= 0.3 is 0 Å². The van der Waals surface area contributed by atoms with E-state index in [0.29, 0.717) is 12.8 Å². The van der Waals surface area contributed by atoms with Crippen LogP contribution in [0.15, 0.2) is 24.2 Å². The Kier molecular flexibility index (Phi) is 2.94. The van der Waals surface area contributed by atoms with E-state index in [1.54, 1.807) is 0 Å². The molecule has 0 amide bonds. The highest BCUT2D eigenvalue weighted by Gasteiger charge is 2.43. The summed E-state index contributed by atoms with van der Waals surface area (Å²) >= 11 is 5.99. The molecule has 2 atom stereocenters. The predicted molar refractivity (Wildman–Crippen MR) is 69.4 cm³/mol. The molecule has 2 unspecified atom stereocenters. The summed E-state index contributed by atoms with van der Waals surface area (Å²) in [6.07, 6.45) is -0.281. The van der Waals surface area contributed by atoms with Crippen LogP contribution in [0.2, 0.25) is 5.02 Å². The molecular weight excluding hydrogens is 261 g/mol. The Hall–Kier alpha value is -0.610. The molecule has 0 saturated heterocycles. The summed E-state index contributed by atoms with van der Waals surface area (Å²) in [5.74, 6) is -0.657. The van der Waals surface area contributed by atoms with Gasteiger partial charge in [-0.1, -0.05) is 29.7 Å². The first-order valence-corrected chi connectivity index (χ1v) is 5.37. The maximum absolute atomic E-state index is 12.2. The number of benzene rings is 1. The SMILES string of the molecule is Cl.[2H]c1c([2H])c([2H])c(C2(N)CCCC(O)C2=O)c(Cl)c1[2H]. The second-order valence-corrected chi connectivity index (χ2v) is 4.31. The van der Waals surface area contributed by atoms with Crippen molar-refractivity contribution in [1.82, 2.24) is 0 Å². The van der Waals surface area contributed by atoms with Gasteiger partial charge in [0.05, 0.1) is 5.48 Å². The number of Topliss-reactive ketones (excluding diaryl/α,β-unsaturated/α-hetero) is 1. The molecule has 3 nitrogen and oxygen atoms in total. The molecule has 5 heteroatoms. The zero-order valence-corrected chi connectivity index (χ0v) is 10.5. The number of aliphatic hydroxyl groups is 1. The van der Waals surface area contributed by atoms with Crippen LogP contribution in [0.25, 0.3) is 0 Å². The van der Waals surface area contributed by atoms with E-state index in [1.807, 2.05) is 0 Å². The molecule has 1 aliphatic rings. The third kappa shape index (κ3) is 2.47. The van der Waals surface area contributed by atoms with Crippen molar-refractivity contribution in [3.63, 3.8) is 0 Å².